The van der Waals surface area contributed by atoms with E-state index in [9.17, 15) is 5.11 Å². The van der Waals surface area contributed by atoms with E-state index in [0.29, 0.717) is 6.61 Å². The molecule has 0 atom stereocenters. The number of rotatable bonds is 4. The van der Waals surface area contributed by atoms with Gasteiger partial charge in [-0.05, 0) is 51.3 Å². The third-order valence-corrected chi connectivity index (χ3v) is 3.13. The number of aliphatic hydroxyl groups excluding tert-OH is 1. The molecule has 0 spiro atoms. The SMILES string of the molecule is OCc1ccc(OCc2ccc(O)cc2)c(Br)c1. The fraction of sp³-hybridized carbons (Fsp3) is 0.143. The summed E-state index contributed by atoms with van der Waals surface area (Å²) in [6.07, 6.45) is 0. The Hall–Kier alpha value is -1.52. The van der Waals surface area contributed by atoms with Crippen LogP contribution in [-0.2, 0) is 13.2 Å². The normalized spacial score (nSPS) is 10.3. The van der Waals surface area contributed by atoms with Crippen LogP contribution in [0.5, 0.6) is 11.5 Å². The van der Waals surface area contributed by atoms with Crippen molar-refractivity contribution in [3.05, 3.63) is 58.1 Å². The number of benzene rings is 2. The third-order valence-electron chi connectivity index (χ3n) is 2.51. The molecule has 0 fully saturated rings. The van der Waals surface area contributed by atoms with Crippen molar-refractivity contribution >= 4 is 15.9 Å². The molecule has 2 aromatic rings. The smallest absolute Gasteiger partial charge is 0.134 e. The first-order valence-electron chi connectivity index (χ1n) is 5.49. The number of aliphatic hydroxyl groups is 1. The van der Waals surface area contributed by atoms with Crippen molar-refractivity contribution in [3.63, 3.8) is 0 Å². The maximum atomic E-state index is 9.17. The zero-order valence-electron chi connectivity index (χ0n) is 9.64. The van der Waals surface area contributed by atoms with E-state index in [2.05, 4.69) is 15.9 Å². The van der Waals surface area contributed by atoms with Gasteiger partial charge in [-0.3, -0.25) is 0 Å². The Balaban J connectivity index is 2.04. The Bertz CT molecular complexity index is 523. The highest BCUT2D eigenvalue weighted by molar-refractivity contribution is 9.10. The van der Waals surface area contributed by atoms with Gasteiger partial charge in [0, 0.05) is 0 Å². The number of phenolic OH excluding ortho intramolecular Hbond substituents is 1. The van der Waals surface area contributed by atoms with Gasteiger partial charge in [0.15, 0.2) is 0 Å². The van der Waals surface area contributed by atoms with Crippen molar-refractivity contribution in [1.29, 1.82) is 0 Å². The number of hydrogen-bond donors (Lipinski definition) is 2. The number of halogens is 1. The number of phenols is 1. The van der Waals surface area contributed by atoms with Crippen molar-refractivity contribution in [3.8, 4) is 11.5 Å². The lowest BCUT2D eigenvalue weighted by atomic mass is 10.2. The second-order valence-corrected chi connectivity index (χ2v) is 4.73. The molecule has 0 saturated carbocycles. The van der Waals surface area contributed by atoms with Crippen LogP contribution in [0.4, 0.5) is 0 Å². The standard InChI is InChI=1S/C14H13BrO3/c15-13-7-11(8-16)3-6-14(13)18-9-10-1-4-12(17)5-2-10/h1-7,16-17H,8-9H2. The summed E-state index contributed by atoms with van der Waals surface area (Å²) < 4.78 is 6.46. The first-order chi connectivity index (χ1) is 8.69. The zero-order valence-corrected chi connectivity index (χ0v) is 11.2. The van der Waals surface area contributed by atoms with Gasteiger partial charge in [0.05, 0.1) is 11.1 Å². The van der Waals surface area contributed by atoms with Crippen LogP contribution in [0.3, 0.4) is 0 Å². The molecule has 18 heavy (non-hydrogen) atoms. The van der Waals surface area contributed by atoms with Gasteiger partial charge in [0.1, 0.15) is 18.1 Å². The number of aromatic hydroxyl groups is 1. The topological polar surface area (TPSA) is 49.7 Å². The van der Waals surface area contributed by atoms with Gasteiger partial charge in [-0.2, -0.15) is 0 Å². The summed E-state index contributed by atoms with van der Waals surface area (Å²) in [5.74, 6) is 0.965. The van der Waals surface area contributed by atoms with Crippen molar-refractivity contribution in [2.75, 3.05) is 0 Å². The molecule has 94 valence electrons. The Morgan fingerprint density at radius 2 is 1.67 bits per heavy atom. The second kappa shape index (κ2) is 5.89. The average Bonchev–Trinajstić information content (AvgIpc) is 2.39. The van der Waals surface area contributed by atoms with Crippen LogP contribution in [0.25, 0.3) is 0 Å². The van der Waals surface area contributed by atoms with Crippen LogP contribution in [-0.4, -0.2) is 10.2 Å². The first kappa shape index (κ1) is 12.9. The van der Waals surface area contributed by atoms with Crippen molar-refractivity contribution < 1.29 is 14.9 Å². The molecule has 3 nitrogen and oxygen atoms in total. The van der Waals surface area contributed by atoms with E-state index in [1.165, 1.54) is 0 Å². The number of hydrogen-bond acceptors (Lipinski definition) is 3. The molecule has 0 radical (unpaired) electrons. The summed E-state index contributed by atoms with van der Waals surface area (Å²) in [5.41, 5.74) is 1.81. The van der Waals surface area contributed by atoms with Crippen LogP contribution >= 0.6 is 15.9 Å². The van der Waals surface area contributed by atoms with Gasteiger partial charge in [-0.25, -0.2) is 0 Å². The summed E-state index contributed by atoms with van der Waals surface area (Å²) in [4.78, 5) is 0. The van der Waals surface area contributed by atoms with Crippen molar-refractivity contribution in [2.45, 2.75) is 13.2 Å². The summed E-state index contributed by atoms with van der Waals surface area (Å²) in [5, 5.41) is 18.2. The fourth-order valence-electron chi connectivity index (χ4n) is 1.51. The fourth-order valence-corrected chi connectivity index (χ4v) is 2.05. The summed E-state index contributed by atoms with van der Waals surface area (Å²) in [7, 11) is 0. The maximum Gasteiger partial charge on any atom is 0.134 e. The lowest BCUT2D eigenvalue weighted by molar-refractivity contribution is 0.280. The predicted molar refractivity (Wildman–Crippen MR) is 72.5 cm³/mol. The third kappa shape index (κ3) is 3.24. The van der Waals surface area contributed by atoms with Crippen molar-refractivity contribution in [1.82, 2.24) is 0 Å². The average molecular weight is 309 g/mol. The first-order valence-corrected chi connectivity index (χ1v) is 6.28. The van der Waals surface area contributed by atoms with Crippen LogP contribution in [0.2, 0.25) is 0 Å². The highest BCUT2D eigenvalue weighted by Crippen LogP contribution is 2.27. The molecule has 2 aromatic carbocycles. The minimum absolute atomic E-state index is 0.0108. The van der Waals surface area contributed by atoms with Crippen LogP contribution in [0, 0.1) is 0 Å². The van der Waals surface area contributed by atoms with Gasteiger partial charge < -0.3 is 14.9 Å². The lowest BCUT2D eigenvalue weighted by Crippen LogP contribution is -1.96. The highest BCUT2D eigenvalue weighted by Gasteiger charge is 2.03. The van der Waals surface area contributed by atoms with E-state index in [-0.39, 0.29) is 12.4 Å². The van der Waals surface area contributed by atoms with E-state index in [1.807, 2.05) is 30.3 Å². The monoisotopic (exact) mass is 308 g/mol. The van der Waals surface area contributed by atoms with E-state index in [4.69, 9.17) is 9.84 Å². The molecule has 0 aliphatic rings. The van der Waals surface area contributed by atoms with Crippen molar-refractivity contribution in [2.24, 2.45) is 0 Å². The van der Waals surface area contributed by atoms with Gasteiger partial charge >= 0.3 is 0 Å². The molecule has 0 unspecified atom stereocenters. The molecule has 0 saturated heterocycles. The van der Waals surface area contributed by atoms with E-state index >= 15 is 0 Å². The Morgan fingerprint density at radius 1 is 1.00 bits per heavy atom. The second-order valence-electron chi connectivity index (χ2n) is 3.88. The molecule has 0 aliphatic heterocycles. The minimum Gasteiger partial charge on any atom is -0.508 e. The van der Waals surface area contributed by atoms with E-state index < -0.39 is 0 Å². The molecule has 0 aliphatic carbocycles. The largest absolute Gasteiger partial charge is 0.508 e. The zero-order chi connectivity index (χ0) is 13.0. The summed E-state index contributed by atoms with van der Waals surface area (Å²) >= 11 is 3.40. The minimum atomic E-state index is 0.0108. The van der Waals surface area contributed by atoms with E-state index in [1.54, 1.807) is 12.1 Å². The van der Waals surface area contributed by atoms with Crippen LogP contribution in [0.1, 0.15) is 11.1 Å². The van der Waals surface area contributed by atoms with Gasteiger partial charge in [-0.1, -0.05) is 18.2 Å². The highest BCUT2D eigenvalue weighted by atomic mass is 79.9. The van der Waals surface area contributed by atoms with E-state index in [0.717, 1.165) is 21.3 Å². The Morgan fingerprint density at radius 3 is 2.28 bits per heavy atom. The van der Waals surface area contributed by atoms with Gasteiger partial charge in [-0.15, -0.1) is 0 Å². The van der Waals surface area contributed by atoms with Crippen LogP contribution in [0.15, 0.2) is 46.9 Å². The van der Waals surface area contributed by atoms with Gasteiger partial charge in [0.25, 0.3) is 0 Å². The summed E-state index contributed by atoms with van der Waals surface area (Å²) in [6.45, 7) is 0.439. The molecular weight excluding hydrogens is 296 g/mol. The molecule has 0 heterocycles. The Labute approximate surface area is 114 Å². The molecule has 4 heteroatoms. The quantitative estimate of drug-likeness (QED) is 0.911. The molecule has 0 bridgehead atoms. The lowest BCUT2D eigenvalue weighted by Gasteiger charge is -2.09. The van der Waals surface area contributed by atoms with Gasteiger partial charge in [0.2, 0.25) is 0 Å². The predicted octanol–water partition coefficient (Wildman–Crippen LogP) is 3.23. The van der Waals surface area contributed by atoms with Crippen LogP contribution < -0.4 is 4.74 Å². The maximum absolute atomic E-state index is 9.17. The summed E-state index contributed by atoms with van der Waals surface area (Å²) in [6, 6.07) is 12.3. The molecule has 2 rings (SSSR count). The number of ether oxygens (including phenoxy) is 1. The molecule has 2 N–H and O–H groups in total. The molecular formula is C14H13BrO3. The Kier molecular flexibility index (Phi) is 4.23. The molecule has 0 aromatic heterocycles. The molecule has 0 amide bonds.